The Morgan fingerprint density at radius 3 is 2.00 bits per heavy atom. The van der Waals surface area contributed by atoms with Crippen LogP contribution < -0.4 is 0 Å². The van der Waals surface area contributed by atoms with Gasteiger partial charge in [-0.1, -0.05) is 60.7 Å². The number of benzene rings is 2. The lowest BCUT2D eigenvalue weighted by Gasteiger charge is -2.35. The minimum absolute atomic E-state index is 0.382. The van der Waals surface area contributed by atoms with Crippen molar-refractivity contribution in [1.82, 2.24) is 9.80 Å². The summed E-state index contributed by atoms with van der Waals surface area (Å²) in [6.07, 6.45) is 0.736. The average molecular weight is 310 g/mol. The van der Waals surface area contributed by atoms with Crippen LogP contribution >= 0.6 is 0 Å². The molecule has 1 N–H and O–H groups in total. The summed E-state index contributed by atoms with van der Waals surface area (Å²) in [6, 6.07) is 20.7. The van der Waals surface area contributed by atoms with Gasteiger partial charge in [0, 0.05) is 39.3 Å². The molecule has 0 aliphatic carbocycles. The number of aliphatic hydroxyl groups excluding tert-OH is 1. The summed E-state index contributed by atoms with van der Waals surface area (Å²) in [5.74, 6) is 0. The van der Waals surface area contributed by atoms with Crippen LogP contribution in [0.2, 0.25) is 0 Å². The molecule has 3 heteroatoms. The number of rotatable bonds is 6. The Labute approximate surface area is 139 Å². The minimum Gasteiger partial charge on any atom is -0.387 e. The van der Waals surface area contributed by atoms with Crippen LogP contribution in [0.15, 0.2) is 60.7 Å². The van der Waals surface area contributed by atoms with Crippen LogP contribution in [0.5, 0.6) is 0 Å². The van der Waals surface area contributed by atoms with Gasteiger partial charge in [0.1, 0.15) is 0 Å². The van der Waals surface area contributed by atoms with Crippen molar-refractivity contribution in [3.8, 4) is 0 Å². The summed E-state index contributed by atoms with van der Waals surface area (Å²) in [6.45, 7) is 6.12. The third-order valence-corrected chi connectivity index (χ3v) is 4.64. The van der Waals surface area contributed by atoms with E-state index in [1.807, 2.05) is 30.3 Å². The predicted molar refractivity (Wildman–Crippen MR) is 94.4 cm³/mol. The van der Waals surface area contributed by atoms with Gasteiger partial charge in [0.15, 0.2) is 0 Å². The smallest absolute Gasteiger partial charge is 0.0916 e. The van der Waals surface area contributed by atoms with Gasteiger partial charge in [-0.05, 0) is 17.5 Å². The summed E-state index contributed by atoms with van der Waals surface area (Å²) in [4.78, 5) is 4.90. The maximum atomic E-state index is 10.3. The Morgan fingerprint density at radius 1 is 0.783 bits per heavy atom. The third-order valence-electron chi connectivity index (χ3n) is 4.64. The number of nitrogens with zero attached hydrogens (tertiary/aromatic N) is 2. The van der Waals surface area contributed by atoms with Crippen LogP contribution in [0.1, 0.15) is 17.2 Å². The molecule has 122 valence electrons. The van der Waals surface area contributed by atoms with Crippen molar-refractivity contribution < 1.29 is 5.11 Å². The average Bonchev–Trinajstić information content (AvgIpc) is 2.63. The molecule has 0 saturated carbocycles. The zero-order chi connectivity index (χ0) is 15.9. The quantitative estimate of drug-likeness (QED) is 0.888. The Bertz CT molecular complexity index is 565. The largest absolute Gasteiger partial charge is 0.387 e. The van der Waals surface area contributed by atoms with Gasteiger partial charge in [-0.15, -0.1) is 0 Å². The van der Waals surface area contributed by atoms with Crippen LogP contribution in [0.25, 0.3) is 0 Å². The van der Waals surface area contributed by atoms with Crippen molar-refractivity contribution in [2.75, 3.05) is 39.3 Å². The van der Waals surface area contributed by atoms with E-state index in [9.17, 15) is 5.11 Å². The summed E-state index contributed by atoms with van der Waals surface area (Å²) in [7, 11) is 0. The zero-order valence-corrected chi connectivity index (χ0v) is 13.6. The lowest BCUT2D eigenvalue weighted by atomic mass is 10.1. The van der Waals surface area contributed by atoms with E-state index < -0.39 is 0 Å². The van der Waals surface area contributed by atoms with E-state index >= 15 is 0 Å². The molecule has 0 aromatic heterocycles. The highest BCUT2D eigenvalue weighted by Crippen LogP contribution is 2.15. The first-order valence-electron chi connectivity index (χ1n) is 8.53. The summed E-state index contributed by atoms with van der Waals surface area (Å²) in [5.41, 5.74) is 2.42. The fourth-order valence-electron chi connectivity index (χ4n) is 3.15. The summed E-state index contributed by atoms with van der Waals surface area (Å²) < 4.78 is 0. The van der Waals surface area contributed by atoms with Crippen molar-refractivity contribution in [1.29, 1.82) is 0 Å². The van der Waals surface area contributed by atoms with Gasteiger partial charge in [0.25, 0.3) is 0 Å². The molecule has 3 rings (SSSR count). The van der Waals surface area contributed by atoms with E-state index in [0.717, 1.165) is 51.3 Å². The van der Waals surface area contributed by atoms with Crippen LogP contribution in [0.3, 0.4) is 0 Å². The number of hydrogen-bond acceptors (Lipinski definition) is 3. The number of piperazine rings is 1. The molecule has 1 fully saturated rings. The molecule has 1 aliphatic rings. The molecule has 1 saturated heterocycles. The lowest BCUT2D eigenvalue weighted by molar-refractivity contribution is 0.0730. The Balaban J connectivity index is 1.40. The van der Waals surface area contributed by atoms with Gasteiger partial charge < -0.3 is 10.0 Å². The Hall–Kier alpha value is -1.68. The molecule has 2 aromatic rings. The molecule has 1 unspecified atom stereocenters. The highest BCUT2D eigenvalue weighted by atomic mass is 16.3. The number of β-amino-alcohol motifs (C(OH)–C–C–N with tert-alkyl or cyclic N) is 1. The Morgan fingerprint density at radius 2 is 1.35 bits per heavy atom. The van der Waals surface area contributed by atoms with Gasteiger partial charge in [0.05, 0.1) is 6.10 Å². The SMILES string of the molecule is OC(CN1CCN(CCc2ccccc2)CC1)c1ccccc1. The molecule has 0 amide bonds. The summed E-state index contributed by atoms with van der Waals surface area (Å²) >= 11 is 0. The highest BCUT2D eigenvalue weighted by molar-refractivity contribution is 5.17. The monoisotopic (exact) mass is 310 g/mol. The molecule has 0 spiro atoms. The normalized spacial score (nSPS) is 18.0. The maximum Gasteiger partial charge on any atom is 0.0916 e. The van der Waals surface area contributed by atoms with Crippen molar-refractivity contribution in [2.45, 2.75) is 12.5 Å². The second-order valence-electron chi connectivity index (χ2n) is 6.30. The molecule has 0 radical (unpaired) electrons. The third kappa shape index (κ3) is 4.90. The maximum absolute atomic E-state index is 10.3. The standard InChI is InChI=1S/C20H26N2O/c23-20(19-9-5-2-6-10-19)17-22-15-13-21(14-16-22)12-11-18-7-3-1-4-8-18/h1-10,20,23H,11-17H2. The van der Waals surface area contributed by atoms with Gasteiger partial charge in [-0.25, -0.2) is 0 Å². The first kappa shape index (κ1) is 16.2. The molecule has 2 aromatic carbocycles. The van der Waals surface area contributed by atoms with E-state index in [1.165, 1.54) is 5.56 Å². The zero-order valence-electron chi connectivity index (χ0n) is 13.6. The van der Waals surface area contributed by atoms with E-state index in [2.05, 4.69) is 40.1 Å². The molecular formula is C20H26N2O. The van der Waals surface area contributed by atoms with Crippen LogP contribution in [0, 0.1) is 0 Å². The highest BCUT2D eigenvalue weighted by Gasteiger charge is 2.19. The fourth-order valence-corrected chi connectivity index (χ4v) is 3.15. The van der Waals surface area contributed by atoms with E-state index in [0.29, 0.717) is 0 Å². The van der Waals surface area contributed by atoms with Gasteiger partial charge >= 0.3 is 0 Å². The summed E-state index contributed by atoms with van der Waals surface area (Å²) in [5, 5.41) is 10.3. The second-order valence-corrected chi connectivity index (χ2v) is 6.30. The van der Waals surface area contributed by atoms with Crippen molar-refractivity contribution in [3.05, 3.63) is 71.8 Å². The fraction of sp³-hybridized carbons (Fsp3) is 0.400. The van der Waals surface area contributed by atoms with E-state index in [4.69, 9.17) is 0 Å². The van der Waals surface area contributed by atoms with E-state index in [-0.39, 0.29) is 6.10 Å². The lowest BCUT2D eigenvalue weighted by Crippen LogP contribution is -2.47. The number of hydrogen-bond donors (Lipinski definition) is 1. The molecular weight excluding hydrogens is 284 g/mol. The molecule has 1 aliphatic heterocycles. The molecule has 1 heterocycles. The first-order valence-corrected chi connectivity index (χ1v) is 8.53. The second kappa shape index (κ2) is 8.25. The number of aliphatic hydroxyl groups is 1. The van der Waals surface area contributed by atoms with Gasteiger partial charge in [-0.2, -0.15) is 0 Å². The first-order chi connectivity index (χ1) is 11.3. The van der Waals surface area contributed by atoms with Crippen LogP contribution in [0.4, 0.5) is 0 Å². The molecule has 1 atom stereocenters. The van der Waals surface area contributed by atoms with Crippen LogP contribution in [-0.4, -0.2) is 54.2 Å². The van der Waals surface area contributed by atoms with E-state index in [1.54, 1.807) is 0 Å². The molecule has 3 nitrogen and oxygen atoms in total. The van der Waals surface area contributed by atoms with Crippen molar-refractivity contribution in [2.24, 2.45) is 0 Å². The van der Waals surface area contributed by atoms with Crippen LogP contribution in [-0.2, 0) is 6.42 Å². The minimum atomic E-state index is -0.382. The molecule has 0 bridgehead atoms. The topological polar surface area (TPSA) is 26.7 Å². The van der Waals surface area contributed by atoms with Gasteiger partial charge in [-0.3, -0.25) is 4.90 Å². The molecule has 23 heavy (non-hydrogen) atoms. The van der Waals surface area contributed by atoms with Crippen molar-refractivity contribution >= 4 is 0 Å². The Kier molecular flexibility index (Phi) is 5.81. The predicted octanol–water partition coefficient (Wildman–Crippen LogP) is 2.58. The van der Waals surface area contributed by atoms with Gasteiger partial charge in [0.2, 0.25) is 0 Å². The van der Waals surface area contributed by atoms with Crippen molar-refractivity contribution in [3.63, 3.8) is 0 Å².